The Hall–Kier alpha value is -3.67. The number of halogens is 1. The van der Waals surface area contributed by atoms with Gasteiger partial charge >= 0.3 is 0 Å². The van der Waals surface area contributed by atoms with Gasteiger partial charge in [0.05, 0.1) is 11.0 Å². The second-order valence-electron chi connectivity index (χ2n) is 6.61. The largest absolute Gasteiger partial charge is 0.486 e. The van der Waals surface area contributed by atoms with Crippen LogP contribution in [0.15, 0.2) is 78.9 Å². The van der Waals surface area contributed by atoms with E-state index in [0.717, 1.165) is 22.3 Å². The van der Waals surface area contributed by atoms with E-state index < -0.39 is 0 Å². The molecule has 0 aliphatic rings. The predicted molar refractivity (Wildman–Crippen MR) is 109 cm³/mol. The molecule has 0 atom stereocenters. The molecule has 0 unspecified atom stereocenters. The van der Waals surface area contributed by atoms with Gasteiger partial charge in [-0.2, -0.15) is 0 Å². The van der Waals surface area contributed by atoms with Gasteiger partial charge in [-0.25, -0.2) is 9.37 Å². The molecule has 1 aromatic heterocycles. The van der Waals surface area contributed by atoms with Gasteiger partial charge in [-0.05, 0) is 42.0 Å². The maximum Gasteiger partial charge on any atom is 0.240 e. The van der Waals surface area contributed by atoms with Crippen molar-refractivity contribution in [1.29, 1.82) is 0 Å². The molecule has 1 heterocycles. The Morgan fingerprint density at radius 1 is 0.966 bits per heavy atom. The summed E-state index contributed by atoms with van der Waals surface area (Å²) >= 11 is 0. The predicted octanol–water partition coefficient (Wildman–Crippen LogP) is 4.07. The van der Waals surface area contributed by atoms with Gasteiger partial charge in [0.2, 0.25) is 5.91 Å². The van der Waals surface area contributed by atoms with Crippen molar-refractivity contribution in [2.75, 3.05) is 0 Å². The van der Waals surface area contributed by atoms with E-state index in [1.165, 1.54) is 12.1 Å². The molecule has 1 amide bonds. The lowest BCUT2D eigenvalue weighted by Gasteiger charge is -2.11. The van der Waals surface area contributed by atoms with E-state index in [1.807, 2.05) is 59.2 Å². The van der Waals surface area contributed by atoms with E-state index in [9.17, 15) is 9.18 Å². The minimum atomic E-state index is -0.298. The van der Waals surface area contributed by atoms with Gasteiger partial charge in [-0.15, -0.1) is 0 Å². The normalized spacial score (nSPS) is 10.8. The third kappa shape index (κ3) is 4.60. The summed E-state index contributed by atoms with van der Waals surface area (Å²) < 4.78 is 20.7. The molecule has 0 bridgehead atoms. The molecule has 6 heteroatoms. The fraction of sp³-hybridized carbons (Fsp3) is 0.130. The third-order valence-electron chi connectivity index (χ3n) is 4.55. The molecule has 0 aliphatic carbocycles. The molecular weight excluding hydrogens is 369 g/mol. The minimum Gasteiger partial charge on any atom is -0.486 e. The number of aromatic nitrogens is 2. The average Bonchev–Trinajstić information content (AvgIpc) is 3.10. The molecule has 0 radical (unpaired) electrons. The number of amides is 1. The molecule has 0 spiro atoms. The van der Waals surface area contributed by atoms with Crippen LogP contribution in [0.3, 0.4) is 0 Å². The standard InChI is InChI=1S/C23H20FN3O2/c24-18-12-10-17(11-13-18)14-25-23(28)15-27-21-9-5-4-8-20(21)26-22(27)16-29-19-6-2-1-3-7-19/h1-13H,14-16H2,(H,25,28). The number of carbonyl (C=O) groups excluding carboxylic acids is 1. The number of ether oxygens (including phenoxy) is 1. The van der Waals surface area contributed by atoms with E-state index in [-0.39, 0.29) is 24.9 Å². The van der Waals surface area contributed by atoms with Crippen molar-refractivity contribution < 1.29 is 13.9 Å². The second kappa shape index (κ2) is 8.56. The number of benzene rings is 3. The molecule has 0 saturated heterocycles. The molecule has 1 N–H and O–H groups in total. The van der Waals surface area contributed by atoms with Crippen LogP contribution in [0.5, 0.6) is 5.75 Å². The molecule has 5 nitrogen and oxygen atoms in total. The zero-order valence-electron chi connectivity index (χ0n) is 15.7. The zero-order valence-corrected chi connectivity index (χ0v) is 15.7. The fourth-order valence-electron chi connectivity index (χ4n) is 3.08. The van der Waals surface area contributed by atoms with Crippen LogP contribution in [0.2, 0.25) is 0 Å². The van der Waals surface area contributed by atoms with Crippen LogP contribution >= 0.6 is 0 Å². The van der Waals surface area contributed by atoms with Crippen molar-refractivity contribution in [3.63, 3.8) is 0 Å². The molecule has 3 aromatic carbocycles. The van der Waals surface area contributed by atoms with E-state index in [0.29, 0.717) is 12.4 Å². The molecule has 29 heavy (non-hydrogen) atoms. The lowest BCUT2D eigenvalue weighted by atomic mass is 10.2. The Balaban J connectivity index is 1.48. The highest BCUT2D eigenvalue weighted by Gasteiger charge is 2.14. The number of fused-ring (bicyclic) bond motifs is 1. The molecule has 4 rings (SSSR count). The van der Waals surface area contributed by atoms with Crippen LogP contribution < -0.4 is 10.1 Å². The van der Waals surface area contributed by atoms with Crippen molar-refractivity contribution in [3.05, 3.63) is 96.1 Å². The number of hydrogen-bond donors (Lipinski definition) is 1. The van der Waals surface area contributed by atoms with Gasteiger partial charge < -0.3 is 14.6 Å². The number of rotatable bonds is 7. The first-order valence-corrected chi connectivity index (χ1v) is 9.32. The van der Waals surface area contributed by atoms with Crippen molar-refractivity contribution in [1.82, 2.24) is 14.9 Å². The topological polar surface area (TPSA) is 56.2 Å². The van der Waals surface area contributed by atoms with Gasteiger partial charge in [-0.1, -0.05) is 42.5 Å². The van der Waals surface area contributed by atoms with Crippen LogP contribution in [0.4, 0.5) is 4.39 Å². The molecule has 0 fully saturated rings. The number of carbonyl (C=O) groups is 1. The maximum atomic E-state index is 13.0. The maximum absolute atomic E-state index is 13.0. The van der Waals surface area contributed by atoms with Gasteiger partial charge in [0, 0.05) is 6.54 Å². The molecule has 146 valence electrons. The zero-order chi connectivity index (χ0) is 20.1. The minimum absolute atomic E-state index is 0.120. The molecule has 0 saturated carbocycles. The van der Waals surface area contributed by atoms with E-state index in [1.54, 1.807) is 12.1 Å². The Labute approximate surface area is 167 Å². The first-order chi connectivity index (χ1) is 14.2. The summed E-state index contributed by atoms with van der Waals surface area (Å²) in [5, 5.41) is 2.87. The Morgan fingerprint density at radius 2 is 1.69 bits per heavy atom. The van der Waals surface area contributed by atoms with Crippen LogP contribution in [-0.2, 0) is 24.5 Å². The highest BCUT2D eigenvalue weighted by molar-refractivity contribution is 5.81. The van der Waals surface area contributed by atoms with Gasteiger partial charge in [0.25, 0.3) is 0 Å². The van der Waals surface area contributed by atoms with Crippen molar-refractivity contribution >= 4 is 16.9 Å². The summed E-state index contributed by atoms with van der Waals surface area (Å²) in [4.78, 5) is 17.2. The quantitative estimate of drug-likeness (QED) is 0.518. The first-order valence-electron chi connectivity index (χ1n) is 9.32. The Bertz CT molecular complexity index is 1110. The summed E-state index contributed by atoms with van der Waals surface area (Å²) in [5.74, 6) is 0.963. The SMILES string of the molecule is O=C(Cn1c(COc2ccccc2)nc2ccccc21)NCc1ccc(F)cc1. The van der Waals surface area contributed by atoms with E-state index >= 15 is 0 Å². The summed E-state index contributed by atoms with van der Waals surface area (Å²) in [6.45, 7) is 0.709. The highest BCUT2D eigenvalue weighted by atomic mass is 19.1. The fourth-order valence-corrected chi connectivity index (χ4v) is 3.08. The highest BCUT2D eigenvalue weighted by Crippen LogP contribution is 2.18. The van der Waals surface area contributed by atoms with Crippen LogP contribution in [0.1, 0.15) is 11.4 Å². The van der Waals surface area contributed by atoms with Crippen LogP contribution in [0.25, 0.3) is 11.0 Å². The Morgan fingerprint density at radius 3 is 2.48 bits per heavy atom. The van der Waals surface area contributed by atoms with Crippen molar-refractivity contribution in [2.24, 2.45) is 0 Å². The van der Waals surface area contributed by atoms with Crippen LogP contribution in [0, 0.1) is 5.82 Å². The molecular formula is C23H20FN3O2. The monoisotopic (exact) mass is 389 g/mol. The number of para-hydroxylation sites is 3. The summed E-state index contributed by atoms with van der Waals surface area (Å²) in [5.41, 5.74) is 2.52. The lowest BCUT2D eigenvalue weighted by molar-refractivity contribution is -0.121. The summed E-state index contributed by atoms with van der Waals surface area (Å²) in [7, 11) is 0. The third-order valence-corrected chi connectivity index (χ3v) is 4.55. The summed E-state index contributed by atoms with van der Waals surface area (Å²) in [6.07, 6.45) is 0. The van der Waals surface area contributed by atoms with E-state index in [2.05, 4.69) is 10.3 Å². The Kier molecular flexibility index (Phi) is 5.52. The van der Waals surface area contributed by atoms with Crippen LogP contribution in [-0.4, -0.2) is 15.5 Å². The average molecular weight is 389 g/mol. The number of imidazole rings is 1. The van der Waals surface area contributed by atoms with Gasteiger partial charge in [0.15, 0.2) is 0 Å². The molecule has 4 aromatic rings. The van der Waals surface area contributed by atoms with Gasteiger partial charge in [0.1, 0.15) is 30.5 Å². The van der Waals surface area contributed by atoms with Crippen molar-refractivity contribution in [2.45, 2.75) is 19.7 Å². The smallest absolute Gasteiger partial charge is 0.240 e. The second-order valence-corrected chi connectivity index (χ2v) is 6.61. The molecule has 0 aliphatic heterocycles. The van der Waals surface area contributed by atoms with Gasteiger partial charge in [-0.3, -0.25) is 4.79 Å². The lowest BCUT2D eigenvalue weighted by Crippen LogP contribution is -2.28. The number of nitrogens with zero attached hydrogens (tertiary/aromatic N) is 2. The first kappa shape index (κ1) is 18.7. The number of nitrogens with one attached hydrogen (secondary N) is 1. The van der Waals surface area contributed by atoms with E-state index in [4.69, 9.17) is 4.74 Å². The van der Waals surface area contributed by atoms with Crippen molar-refractivity contribution in [3.8, 4) is 5.75 Å². The summed E-state index contributed by atoms with van der Waals surface area (Å²) in [6, 6.07) is 23.2. The number of hydrogen-bond acceptors (Lipinski definition) is 3.